The zero-order valence-corrected chi connectivity index (χ0v) is 12.1. The van der Waals surface area contributed by atoms with Gasteiger partial charge >= 0.3 is 0 Å². The van der Waals surface area contributed by atoms with Crippen LogP contribution in [0.25, 0.3) is 0 Å². The monoisotopic (exact) mass is 264 g/mol. The first-order valence-corrected chi connectivity index (χ1v) is 6.76. The van der Waals surface area contributed by atoms with E-state index in [1.807, 2.05) is 13.0 Å². The first kappa shape index (κ1) is 15.4. The summed E-state index contributed by atoms with van der Waals surface area (Å²) in [5.41, 5.74) is 1.44. The highest BCUT2D eigenvalue weighted by Gasteiger charge is 2.10. The smallest absolute Gasteiger partial charge is 0.254 e. The molecule has 106 valence electrons. The number of nitrogens with zero attached hydrogens (tertiary/aromatic N) is 2. The van der Waals surface area contributed by atoms with Crippen LogP contribution in [0.3, 0.4) is 0 Å². The maximum atomic E-state index is 12.0. The number of carbonyl (C=O) groups excluding carboxylic acids is 1. The fourth-order valence-corrected chi connectivity index (χ4v) is 1.77. The molecule has 0 aliphatic carbocycles. The van der Waals surface area contributed by atoms with Crippen LogP contribution in [-0.4, -0.2) is 49.5 Å². The van der Waals surface area contributed by atoms with E-state index >= 15 is 0 Å². The fraction of sp³-hybridized carbons (Fsp3) is 0.571. The number of aromatic nitrogens is 1. The summed E-state index contributed by atoms with van der Waals surface area (Å²) in [5, 5.41) is 6.10. The Kier molecular flexibility index (Phi) is 6.89. The van der Waals surface area contributed by atoms with Gasteiger partial charge in [0.25, 0.3) is 5.91 Å². The summed E-state index contributed by atoms with van der Waals surface area (Å²) in [6, 6.07) is 1.82. The van der Waals surface area contributed by atoms with E-state index in [4.69, 9.17) is 0 Å². The number of carbonyl (C=O) groups is 1. The second-order valence-electron chi connectivity index (χ2n) is 4.72. The maximum absolute atomic E-state index is 12.0. The van der Waals surface area contributed by atoms with Crippen LogP contribution in [0.5, 0.6) is 0 Å². The second-order valence-corrected chi connectivity index (χ2v) is 4.72. The van der Waals surface area contributed by atoms with Crippen molar-refractivity contribution in [3.05, 3.63) is 24.0 Å². The molecule has 0 unspecified atom stereocenters. The molecule has 5 heteroatoms. The molecular weight excluding hydrogens is 240 g/mol. The lowest BCUT2D eigenvalue weighted by Gasteiger charge is -2.11. The molecule has 0 aliphatic heterocycles. The van der Waals surface area contributed by atoms with E-state index in [0.717, 1.165) is 31.6 Å². The van der Waals surface area contributed by atoms with E-state index in [2.05, 4.69) is 34.6 Å². The Morgan fingerprint density at radius 2 is 2.16 bits per heavy atom. The number of rotatable bonds is 8. The van der Waals surface area contributed by atoms with Gasteiger partial charge in [0.15, 0.2) is 0 Å². The Morgan fingerprint density at radius 1 is 1.37 bits per heavy atom. The zero-order valence-electron chi connectivity index (χ0n) is 12.1. The zero-order chi connectivity index (χ0) is 14.1. The van der Waals surface area contributed by atoms with Crippen molar-refractivity contribution in [3.8, 4) is 0 Å². The SMILES string of the molecule is CCNc1ccncc1C(=O)NCCCCN(C)C. The van der Waals surface area contributed by atoms with Crippen LogP contribution in [-0.2, 0) is 0 Å². The second kappa shape index (κ2) is 8.48. The Labute approximate surface area is 115 Å². The predicted molar refractivity (Wildman–Crippen MR) is 78.5 cm³/mol. The third-order valence-electron chi connectivity index (χ3n) is 2.75. The number of pyridine rings is 1. The van der Waals surface area contributed by atoms with Crippen molar-refractivity contribution >= 4 is 11.6 Å². The van der Waals surface area contributed by atoms with Crippen LogP contribution in [0.2, 0.25) is 0 Å². The van der Waals surface area contributed by atoms with Crippen LogP contribution in [0.15, 0.2) is 18.5 Å². The summed E-state index contributed by atoms with van der Waals surface area (Å²) in [7, 11) is 4.10. The molecule has 19 heavy (non-hydrogen) atoms. The third-order valence-corrected chi connectivity index (χ3v) is 2.75. The molecule has 0 aromatic carbocycles. The average Bonchev–Trinajstić information content (AvgIpc) is 2.39. The van der Waals surface area contributed by atoms with Gasteiger partial charge in [-0.1, -0.05) is 0 Å². The summed E-state index contributed by atoms with van der Waals surface area (Å²) >= 11 is 0. The first-order chi connectivity index (χ1) is 9.15. The normalized spacial score (nSPS) is 10.5. The number of nitrogens with one attached hydrogen (secondary N) is 2. The van der Waals surface area contributed by atoms with Crippen molar-refractivity contribution in [1.29, 1.82) is 0 Å². The lowest BCUT2D eigenvalue weighted by atomic mass is 10.2. The van der Waals surface area contributed by atoms with Crippen molar-refractivity contribution < 1.29 is 4.79 Å². The Hall–Kier alpha value is -1.62. The Bertz CT molecular complexity index is 393. The van der Waals surface area contributed by atoms with Gasteiger partial charge in [-0.15, -0.1) is 0 Å². The Morgan fingerprint density at radius 3 is 2.84 bits per heavy atom. The standard InChI is InChI=1S/C14H24N4O/c1-4-16-13-7-9-15-11-12(13)14(19)17-8-5-6-10-18(2)3/h7,9,11H,4-6,8,10H2,1-3H3,(H,15,16)(H,17,19). The molecule has 0 bridgehead atoms. The average molecular weight is 264 g/mol. The fourth-order valence-electron chi connectivity index (χ4n) is 1.77. The largest absolute Gasteiger partial charge is 0.385 e. The predicted octanol–water partition coefficient (Wildman–Crippen LogP) is 1.58. The quantitative estimate of drug-likeness (QED) is 0.700. The molecule has 2 N–H and O–H groups in total. The molecule has 1 aromatic rings. The molecule has 0 saturated carbocycles. The van der Waals surface area contributed by atoms with E-state index in [9.17, 15) is 4.79 Å². The molecule has 5 nitrogen and oxygen atoms in total. The summed E-state index contributed by atoms with van der Waals surface area (Å²) < 4.78 is 0. The van der Waals surface area contributed by atoms with Crippen LogP contribution < -0.4 is 10.6 Å². The van der Waals surface area contributed by atoms with Gasteiger partial charge in [0.05, 0.1) is 11.3 Å². The van der Waals surface area contributed by atoms with Gasteiger partial charge in [0, 0.05) is 25.5 Å². The Balaban J connectivity index is 2.41. The van der Waals surface area contributed by atoms with E-state index in [1.165, 1.54) is 0 Å². The lowest BCUT2D eigenvalue weighted by Crippen LogP contribution is -2.26. The number of unbranched alkanes of at least 4 members (excludes halogenated alkanes) is 1. The molecule has 1 amide bonds. The van der Waals surface area contributed by atoms with Crippen LogP contribution in [0, 0.1) is 0 Å². The number of amides is 1. The number of anilines is 1. The summed E-state index contributed by atoms with van der Waals surface area (Å²) in [4.78, 5) is 18.2. The molecule has 0 spiro atoms. The minimum absolute atomic E-state index is 0.0612. The maximum Gasteiger partial charge on any atom is 0.254 e. The van der Waals surface area contributed by atoms with Gasteiger partial charge < -0.3 is 15.5 Å². The van der Waals surface area contributed by atoms with Gasteiger partial charge in [-0.05, 0) is 46.5 Å². The molecule has 0 atom stereocenters. The highest BCUT2D eigenvalue weighted by Crippen LogP contribution is 2.12. The molecule has 0 saturated heterocycles. The summed E-state index contributed by atoms with van der Waals surface area (Å²) in [5.74, 6) is -0.0612. The molecule has 0 aliphatic rings. The van der Waals surface area contributed by atoms with Crippen molar-refractivity contribution in [2.24, 2.45) is 0 Å². The van der Waals surface area contributed by atoms with Crippen molar-refractivity contribution in [1.82, 2.24) is 15.2 Å². The van der Waals surface area contributed by atoms with E-state index in [1.54, 1.807) is 12.4 Å². The van der Waals surface area contributed by atoms with Gasteiger partial charge in [-0.3, -0.25) is 9.78 Å². The van der Waals surface area contributed by atoms with Crippen LogP contribution >= 0.6 is 0 Å². The molecule has 0 radical (unpaired) electrons. The molecule has 0 fully saturated rings. The molecular formula is C14H24N4O. The van der Waals surface area contributed by atoms with E-state index in [0.29, 0.717) is 12.1 Å². The number of hydrogen-bond acceptors (Lipinski definition) is 4. The summed E-state index contributed by atoms with van der Waals surface area (Å²) in [6.07, 6.45) is 5.36. The van der Waals surface area contributed by atoms with Gasteiger partial charge in [0.1, 0.15) is 0 Å². The molecule has 1 aromatic heterocycles. The van der Waals surface area contributed by atoms with Crippen molar-refractivity contribution in [2.75, 3.05) is 39.0 Å². The minimum atomic E-state index is -0.0612. The molecule has 1 rings (SSSR count). The van der Waals surface area contributed by atoms with E-state index in [-0.39, 0.29) is 5.91 Å². The van der Waals surface area contributed by atoms with Gasteiger partial charge in [0.2, 0.25) is 0 Å². The topological polar surface area (TPSA) is 57.3 Å². The first-order valence-electron chi connectivity index (χ1n) is 6.76. The van der Waals surface area contributed by atoms with Gasteiger partial charge in [-0.2, -0.15) is 0 Å². The van der Waals surface area contributed by atoms with Crippen molar-refractivity contribution in [3.63, 3.8) is 0 Å². The third kappa shape index (κ3) is 5.70. The number of hydrogen-bond donors (Lipinski definition) is 2. The van der Waals surface area contributed by atoms with E-state index < -0.39 is 0 Å². The molecule has 1 heterocycles. The lowest BCUT2D eigenvalue weighted by molar-refractivity contribution is 0.0953. The van der Waals surface area contributed by atoms with Crippen molar-refractivity contribution in [2.45, 2.75) is 19.8 Å². The summed E-state index contributed by atoms with van der Waals surface area (Å²) in [6.45, 7) is 4.54. The van der Waals surface area contributed by atoms with Crippen LogP contribution in [0.1, 0.15) is 30.1 Å². The highest BCUT2D eigenvalue weighted by atomic mass is 16.1. The minimum Gasteiger partial charge on any atom is -0.385 e. The van der Waals surface area contributed by atoms with Crippen LogP contribution in [0.4, 0.5) is 5.69 Å². The highest BCUT2D eigenvalue weighted by molar-refractivity contribution is 5.99. The van der Waals surface area contributed by atoms with Gasteiger partial charge in [-0.25, -0.2) is 0 Å².